The molecule has 0 amide bonds. The van der Waals surface area contributed by atoms with Crippen LogP contribution < -0.4 is 0 Å². The van der Waals surface area contributed by atoms with Crippen molar-refractivity contribution in [3.8, 4) is 5.69 Å². The summed E-state index contributed by atoms with van der Waals surface area (Å²) in [6.07, 6.45) is -3.56. The normalized spacial score (nSPS) is 11.9. The number of alkyl halides is 3. The molecule has 10 heteroatoms. The second-order valence-electron chi connectivity index (χ2n) is 7.44. The van der Waals surface area contributed by atoms with E-state index in [0.29, 0.717) is 11.4 Å². The molecule has 6 nitrogen and oxygen atoms in total. The summed E-state index contributed by atoms with van der Waals surface area (Å²) in [5.41, 5.74) is 0.293. The number of halogens is 3. The number of nitrogens with zero attached hydrogens (tertiary/aromatic N) is 1. The summed E-state index contributed by atoms with van der Waals surface area (Å²) in [5.74, 6) is -1.55. The molecule has 0 aliphatic rings. The number of ketones is 1. The third-order valence-electron chi connectivity index (χ3n) is 5.00. The van der Waals surface area contributed by atoms with Gasteiger partial charge in [-0.1, -0.05) is 18.2 Å². The van der Waals surface area contributed by atoms with Crippen molar-refractivity contribution < 1.29 is 35.9 Å². The average Bonchev–Trinajstić information content (AvgIpc) is 3.04. The Morgan fingerprint density at radius 1 is 0.970 bits per heavy atom. The first kappa shape index (κ1) is 24.2. The van der Waals surface area contributed by atoms with E-state index in [2.05, 4.69) is 0 Å². The van der Waals surface area contributed by atoms with Gasteiger partial charge >= 0.3 is 12.1 Å². The van der Waals surface area contributed by atoms with Gasteiger partial charge in [0.25, 0.3) is 0 Å². The van der Waals surface area contributed by atoms with Crippen molar-refractivity contribution in [1.82, 2.24) is 4.57 Å². The van der Waals surface area contributed by atoms with E-state index in [1.807, 2.05) is 0 Å². The minimum atomic E-state index is -4.51. The third kappa shape index (κ3) is 5.16. The Balaban J connectivity index is 1.84. The minimum Gasteiger partial charge on any atom is -0.454 e. The maximum atomic E-state index is 13.1. The van der Waals surface area contributed by atoms with Crippen LogP contribution in [0.4, 0.5) is 13.2 Å². The summed E-state index contributed by atoms with van der Waals surface area (Å²) < 4.78 is 69.6. The number of hydrogen-bond acceptors (Lipinski definition) is 5. The molecule has 0 atom stereocenters. The molecule has 3 rings (SSSR count). The summed E-state index contributed by atoms with van der Waals surface area (Å²) in [4.78, 5) is 24.9. The first-order chi connectivity index (χ1) is 15.3. The number of ether oxygens (including phenoxy) is 1. The molecule has 0 N–H and O–H groups in total. The predicted molar refractivity (Wildman–Crippen MR) is 114 cm³/mol. The van der Waals surface area contributed by atoms with E-state index in [-0.39, 0.29) is 21.7 Å². The molecule has 3 aromatic rings. The summed E-state index contributed by atoms with van der Waals surface area (Å²) >= 11 is 0. The number of esters is 1. The first-order valence-electron chi connectivity index (χ1n) is 9.66. The zero-order valence-electron chi connectivity index (χ0n) is 17.9. The number of carbonyl (C=O) groups is 2. The molecule has 0 spiro atoms. The number of rotatable bonds is 6. The highest BCUT2D eigenvalue weighted by atomic mass is 32.2. The van der Waals surface area contributed by atoms with E-state index in [4.69, 9.17) is 4.74 Å². The van der Waals surface area contributed by atoms with Gasteiger partial charge in [0.15, 0.2) is 16.4 Å². The molecule has 0 bridgehead atoms. The van der Waals surface area contributed by atoms with Gasteiger partial charge in [-0.3, -0.25) is 4.79 Å². The highest BCUT2D eigenvalue weighted by molar-refractivity contribution is 7.90. The van der Waals surface area contributed by atoms with Crippen molar-refractivity contribution >= 4 is 21.6 Å². The minimum absolute atomic E-state index is 0.175. The summed E-state index contributed by atoms with van der Waals surface area (Å²) in [6.45, 7) is 2.55. The van der Waals surface area contributed by atoms with Crippen LogP contribution in [-0.4, -0.2) is 37.6 Å². The van der Waals surface area contributed by atoms with Gasteiger partial charge < -0.3 is 9.30 Å². The van der Waals surface area contributed by atoms with Crippen molar-refractivity contribution in [2.75, 3.05) is 12.9 Å². The van der Waals surface area contributed by atoms with Crippen LogP contribution in [0.25, 0.3) is 5.69 Å². The molecule has 0 saturated carbocycles. The zero-order chi connectivity index (χ0) is 24.6. The number of sulfone groups is 1. The number of Topliss-reactive ketones (excluding diaryl/α,β-unsaturated/α-hetero) is 1. The van der Waals surface area contributed by atoms with Gasteiger partial charge in [-0.25, -0.2) is 13.2 Å². The number of hydrogen-bond donors (Lipinski definition) is 0. The zero-order valence-corrected chi connectivity index (χ0v) is 18.8. The Morgan fingerprint density at radius 2 is 1.64 bits per heavy atom. The van der Waals surface area contributed by atoms with Gasteiger partial charge in [-0.05, 0) is 50.2 Å². The van der Waals surface area contributed by atoms with Gasteiger partial charge in [-0.15, -0.1) is 0 Å². The molecule has 1 heterocycles. The SMILES string of the molecule is Cc1cc(C(=O)COC(=O)c2ccccc2S(C)(=O)=O)c(C)n1-c1cccc(C(F)(F)F)c1. The van der Waals surface area contributed by atoms with Crippen LogP contribution in [-0.2, 0) is 20.8 Å². The molecule has 1 aromatic heterocycles. The maximum Gasteiger partial charge on any atom is 0.416 e. The second kappa shape index (κ2) is 8.86. The maximum absolute atomic E-state index is 13.1. The van der Waals surface area contributed by atoms with E-state index in [1.54, 1.807) is 13.8 Å². The number of aryl methyl sites for hydroxylation is 1. The van der Waals surface area contributed by atoms with E-state index < -0.39 is 39.9 Å². The monoisotopic (exact) mass is 479 g/mol. The van der Waals surface area contributed by atoms with Crippen LogP contribution in [0.2, 0.25) is 0 Å². The topological polar surface area (TPSA) is 82.4 Å². The Labute approximate surface area is 188 Å². The number of aromatic nitrogens is 1. The number of benzene rings is 2. The molecule has 2 aromatic carbocycles. The van der Waals surface area contributed by atoms with Crippen LogP contribution in [0.15, 0.2) is 59.5 Å². The largest absolute Gasteiger partial charge is 0.454 e. The summed E-state index contributed by atoms with van der Waals surface area (Å²) in [6, 6.07) is 11.7. The smallest absolute Gasteiger partial charge is 0.416 e. The van der Waals surface area contributed by atoms with Crippen LogP contribution in [0.5, 0.6) is 0 Å². The standard InChI is InChI=1S/C23H20F3NO5S/c1-14-11-19(15(2)27(14)17-8-6-7-16(12-17)23(24,25)26)20(28)13-32-22(29)18-9-4-5-10-21(18)33(3,30)31/h4-12H,13H2,1-3H3. The highest BCUT2D eigenvalue weighted by Crippen LogP contribution is 2.31. The Kier molecular flexibility index (Phi) is 6.51. The van der Waals surface area contributed by atoms with Crippen LogP contribution >= 0.6 is 0 Å². The van der Waals surface area contributed by atoms with Gasteiger partial charge in [0.05, 0.1) is 16.0 Å². The van der Waals surface area contributed by atoms with Crippen LogP contribution in [0.1, 0.15) is 37.7 Å². The molecule has 0 fully saturated rings. The average molecular weight is 479 g/mol. The Morgan fingerprint density at radius 3 is 2.27 bits per heavy atom. The molecule has 0 radical (unpaired) electrons. The predicted octanol–water partition coefficient (Wildman–Crippen LogP) is 4.56. The molecule has 0 saturated heterocycles. The van der Waals surface area contributed by atoms with Gasteiger partial charge in [-0.2, -0.15) is 13.2 Å². The summed E-state index contributed by atoms with van der Waals surface area (Å²) in [7, 11) is -3.69. The molecular weight excluding hydrogens is 459 g/mol. The molecular formula is C23H20F3NO5S. The van der Waals surface area contributed by atoms with Gasteiger partial charge in [0.1, 0.15) is 0 Å². The van der Waals surface area contributed by atoms with Crippen LogP contribution in [0.3, 0.4) is 0 Å². The van der Waals surface area contributed by atoms with Crippen molar-refractivity contribution in [3.63, 3.8) is 0 Å². The van der Waals surface area contributed by atoms with Crippen molar-refractivity contribution in [3.05, 3.63) is 82.7 Å². The Hall–Kier alpha value is -3.40. The fourth-order valence-electron chi connectivity index (χ4n) is 3.51. The fraction of sp³-hybridized carbons (Fsp3) is 0.217. The van der Waals surface area contributed by atoms with Gasteiger partial charge in [0.2, 0.25) is 5.78 Å². The third-order valence-corrected chi connectivity index (χ3v) is 6.16. The van der Waals surface area contributed by atoms with Crippen LogP contribution in [0, 0.1) is 13.8 Å². The van der Waals surface area contributed by atoms with Gasteiger partial charge in [0, 0.05) is 28.9 Å². The Bertz CT molecular complexity index is 1340. The molecule has 0 aliphatic heterocycles. The number of carbonyl (C=O) groups excluding carboxylic acids is 2. The van der Waals surface area contributed by atoms with E-state index in [9.17, 15) is 31.2 Å². The summed E-state index contributed by atoms with van der Waals surface area (Å²) in [5, 5.41) is 0. The lowest BCUT2D eigenvalue weighted by Crippen LogP contribution is -2.17. The molecule has 0 unspecified atom stereocenters. The van der Waals surface area contributed by atoms with E-state index in [1.165, 1.54) is 47.0 Å². The van der Waals surface area contributed by atoms with E-state index >= 15 is 0 Å². The molecule has 174 valence electrons. The second-order valence-corrected chi connectivity index (χ2v) is 9.42. The van der Waals surface area contributed by atoms with Crippen molar-refractivity contribution in [1.29, 1.82) is 0 Å². The highest BCUT2D eigenvalue weighted by Gasteiger charge is 2.31. The lowest BCUT2D eigenvalue weighted by Gasteiger charge is -2.13. The fourth-order valence-corrected chi connectivity index (χ4v) is 4.39. The lowest BCUT2D eigenvalue weighted by atomic mass is 10.1. The molecule has 0 aliphatic carbocycles. The first-order valence-corrected chi connectivity index (χ1v) is 11.6. The lowest BCUT2D eigenvalue weighted by molar-refractivity contribution is -0.137. The van der Waals surface area contributed by atoms with Crippen molar-refractivity contribution in [2.24, 2.45) is 0 Å². The van der Waals surface area contributed by atoms with E-state index in [0.717, 1.165) is 18.4 Å². The molecule has 33 heavy (non-hydrogen) atoms. The van der Waals surface area contributed by atoms with Crippen molar-refractivity contribution in [2.45, 2.75) is 24.9 Å². The quantitative estimate of drug-likeness (QED) is 0.383.